The van der Waals surface area contributed by atoms with Gasteiger partial charge in [0, 0.05) is 31.7 Å². The van der Waals surface area contributed by atoms with Gasteiger partial charge in [-0.1, -0.05) is 0 Å². The second-order valence-corrected chi connectivity index (χ2v) is 7.57. The third kappa shape index (κ3) is 5.40. The predicted molar refractivity (Wildman–Crippen MR) is 103 cm³/mol. The molecular formula is C21H24F3N3O3. The number of hydrogen-bond acceptors (Lipinski definition) is 4. The summed E-state index contributed by atoms with van der Waals surface area (Å²) in [5, 5.41) is 0. The molecule has 1 aliphatic heterocycles. The van der Waals surface area contributed by atoms with Crippen LogP contribution in [0.2, 0.25) is 0 Å². The predicted octanol–water partition coefficient (Wildman–Crippen LogP) is 3.91. The summed E-state index contributed by atoms with van der Waals surface area (Å²) in [7, 11) is 1.67. The lowest BCUT2D eigenvalue weighted by molar-refractivity contribution is -0.162. The minimum atomic E-state index is -4.51. The van der Waals surface area contributed by atoms with Gasteiger partial charge in [-0.05, 0) is 44.0 Å². The summed E-state index contributed by atoms with van der Waals surface area (Å²) in [4.78, 5) is 32.2. The number of hydrogen-bond donors (Lipinski definition) is 0. The summed E-state index contributed by atoms with van der Waals surface area (Å²) in [6.45, 7) is 2.56. The van der Waals surface area contributed by atoms with E-state index in [4.69, 9.17) is 4.42 Å². The molecule has 0 bridgehead atoms. The van der Waals surface area contributed by atoms with Crippen molar-refractivity contribution in [3.05, 3.63) is 53.2 Å². The van der Waals surface area contributed by atoms with Crippen molar-refractivity contribution in [3.63, 3.8) is 0 Å². The number of piperidine rings is 1. The Morgan fingerprint density at radius 2 is 1.93 bits per heavy atom. The number of aryl methyl sites for hydroxylation is 1. The molecule has 9 heteroatoms. The third-order valence-corrected chi connectivity index (χ3v) is 5.20. The number of likely N-dealkylation sites (tertiary alicyclic amines) is 1. The number of aromatic nitrogens is 1. The Balaban J connectivity index is 1.71. The van der Waals surface area contributed by atoms with Crippen LogP contribution in [0, 0.1) is 6.92 Å². The fraction of sp³-hybridized carbons (Fsp3) is 0.476. The summed E-state index contributed by atoms with van der Waals surface area (Å²) in [6.07, 6.45) is -3.49. The zero-order valence-electron chi connectivity index (χ0n) is 16.9. The van der Waals surface area contributed by atoms with E-state index in [-0.39, 0.29) is 24.9 Å². The zero-order valence-corrected chi connectivity index (χ0v) is 16.9. The molecule has 1 fully saturated rings. The molecule has 0 saturated carbocycles. The van der Waals surface area contributed by atoms with Crippen molar-refractivity contribution in [3.8, 4) is 0 Å². The molecule has 3 heterocycles. The van der Waals surface area contributed by atoms with E-state index >= 15 is 0 Å². The second kappa shape index (κ2) is 8.89. The van der Waals surface area contributed by atoms with Gasteiger partial charge in [0.15, 0.2) is 0 Å². The molecule has 0 N–H and O–H groups in total. The van der Waals surface area contributed by atoms with Gasteiger partial charge < -0.3 is 14.2 Å². The first-order chi connectivity index (χ1) is 14.1. The average Bonchev–Trinajstić information content (AvgIpc) is 3.19. The van der Waals surface area contributed by atoms with Crippen molar-refractivity contribution in [1.29, 1.82) is 0 Å². The lowest BCUT2D eigenvalue weighted by atomic mass is 9.89. The van der Waals surface area contributed by atoms with Crippen molar-refractivity contribution in [1.82, 2.24) is 14.8 Å². The molecule has 0 radical (unpaired) electrons. The third-order valence-electron chi connectivity index (χ3n) is 5.20. The first kappa shape index (κ1) is 21.9. The number of alkyl halides is 3. The summed E-state index contributed by atoms with van der Waals surface area (Å²) in [5.41, 5.74) is 1.86. The minimum absolute atomic E-state index is 0.101. The number of amides is 2. The van der Waals surface area contributed by atoms with Gasteiger partial charge in [0.25, 0.3) is 5.91 Å². The van der Waals surface area contributed by atoms with Crippen molar-refractivity contribution in [2.75, 3.05) is 20.1 Å². The number of nitrogens with zero attached hydrogens (tertiary/aromatic N) is 3. The van der Waals surface area contributed by atoms with E-state index in [9.17, 15) is 22.8 Å². The van der Waals surface area contributed by atoms with Gasteiger partial charge in [-0.25, -0.2) is 0 Å². The van der Waals surface area contributed by atoms with Crippen molar-refractivity contribution in [2.45, 2.75) is 44.8 Å². The molecule has 0 aliphatic carbocycles. The quantitative estimate of drug-likeness (QED) is 0.731. The van der Waals surface area contributed by atoms with E-state index in [0.717, 1.165) is 5.69 Å². The molecule has 0 spiro atoms. The van der Waals surface area contributed by atoms with Gasteiger partial charge >= 0.3 is 6.18 Å². The van der Waals surface area contributed by atoms with Crippen LogP contribution in [0.4, 0.5) is 13.2 Å². The highest BCUT2D eigenvalue weighted by Crippen LogP contribution is 2.31. The van der Waals surface area contributed by atoms with Gasteiger partial charge in [0.05, 0.1) is 24.1 Å². The van der Waals surface area contributed by atoms with Crippen LogP contribution in [0.3, 0.4) is 0 Å². The molecule has 2 aromatic heterocycles. The average molecular weight is 423 g/mol. The van der Waals surface area contributed by atoms with Crippen molar-refractivity contribution < 1.29 is 27.2 Å². The van der Waals surface area contributed by atoms with Crippen LogP contribution in [0.5, 0.6) is 0 Å². The highest BCUT2D eigenvalue weighted by atomic mass is 19.4. The summed E-state index contributed by atoms with van der Waals surface area (Å²) < 4.78 is 42.8. The molecule has 30 heavy (non-hydrogen) atoms. The Morgan fingerprint density at radius 3 is 2.53 bits per heavy atom. The largest absolute Gasteiger partial charge is 0.467 e. The Labute approximate surface area is 172 Å². The van der Waals surface area contributed by atoms with E-state index in [0.29, 0.717) is 36.4 Å². The summed E-state index contributed by atoms with van der Waals surface area (Å²) in [5.74, 6) is -0.558. The number of pyridine rings is 1. The highest BCUT2D eigenvalue weighted by Gasteiger charge is 2.35. The molecule has 0 aromatic carbocycles. The first-order valence-corrected chi connectivity index (χ1v) is 9.74. The van der Waals surface area contributed by atoms with Gasteiger partial charge in [0.1, 0.15) is 12.2 Å². The van der Waals surface area contributed by atoms with Crippen LogP contribution in [-0.2, 0) is 11.3 Å². The normalized spacial score (nSPS) is 15.3. The van der Waals surface area contributed by atoms with E-state index < -0.39 is 18.5 Å². The van der Waals surface area contributed by atoms with Crippen LogP contribution in [-0.4, -0.2) is 52.9 Å². The molecule has 1 saturated heterocycles. The topological polar surface area (TPSA) is 66.7 Å². The molecule has 3 rings (SSSR count). The van der Waals surface area contributed by atoms with E-state index in [2.05, 4.69) is 4.98 Å². The van der Waals surface area contributed by atoms with Crippen LogP contribution in [0.1, 0.15) is 52.7 Å². The standard InChI is InChI=1S/C21H24F3N3O3/c1-14-5-6-17(20(29)26(2)13-16-4-3-11-30-16)19(25-14)15-7-9-27(10-8-15)18(28)12-21(22,23)24/h3-6,11,15H,7-10,12-13H2,1-2H3. The van der Waals surface area contributed by atoms with Crippen molar-refractivity contribution >= 4 is 11.8 Å². The zero-order chi connectivity index (χ0) is 21.9. The number of carbonyl (C=O) groups excluding carboxylic acids is 2. The lowest BCUT2D eigenvalue weighted by Gasteiger charge is -2.33. The molecule has 0 unspecified atom stereocenters. The molecule has 2 aromatic rings. The van der Waals surface area contributed by atoms with E-state index in [1.54, 1.807) is 37.6 Å². The Morgan fingerprint density at radius 1 is 1.23 bits per heavy atom. The Hall–Kier alpha value is -2.84. The Bertz CT molecular complexity index is 889. The fourth-order valence-electron chi connectivity index (χ4n) is 3.67. The number of rotatable bonds is 5. The number of carbonyl (C=O) groups is 2. The maximum absolute atomic E-state index is 13.0. The molecular weight excluding hydrogens is 399 g/mol. The van der Waals surface area contributed by atoms with Crippen LogP contribution >= 0.6 is 0 Å². The summed E-state index contributed by atoms with van der Waals surface area (Å²) >= 11 is 0. The first-order valence-electron chi connectivity index (χ1n) is 9.74. The SMILES string of the molecule is Cc1ccc(C(=O)N(C)Cc2ccco2)c(C2CCN(C(=O)CC(F)(F)F)CC2)n1. The van der Waals surface area contributed by atoms with Gasteiger partial charge in [-0.2, -0.15) is 13.2 Å². The molecule has 6 nitrogen and oxygen atoms in total. The Kier molecular flexibility index (Phi) is 6.48. The molecule has 162 valence electrons. The van der Waals surface area contributed by atoms with Gasteiger partial charge in [-0.15, -0.1) is 0 Å². The van der Waals surface area contributed by atoms with E-state index in [1.165, 1.54) is 9.80 Å². The fourth-order valence-corrected chi connectivity index (χ4v) is 3.67. The smallest absolute Gasteiger partial charge is 0.397 e. The van der Waals surface area contributed by atoms with Crippen LogP contribution in [0.25, 0.3) is 0 Å². The monoisotopic (exact) mass is 423 g/mol. The van der Waals surface area contributed by atoms with Gasteiger partial charge in [-0.3, -0.25) is 14.6 Å². The summed E-state index contributed by atoms with van der Waals surface area (Å²) in [6, 6.07) is 7.03. The highest BCUT2D eigenvalue weighted by molar-refractivity contribution is 5.95. The lowest BCUT2D eigenvalue weighted by Crippen LogP contribution is -2.40. The van der Waals surface area contributed by atoms with Crippen molar-refractivity contribution in [2.24, 2.45) is 0 Å². The van der Waals surface area contributed by atoms with Crippen LogP contribution < -0.4 is 0 Å². The maximum Gasteiger partial charge on any atom is 0.397 e. The number of halogens is 3. The second-order valence-electron chi connectivity index (χ2n) is 7.57. The van der Waals surface area contributed by atoms with Crippen LogP contribution in [0.15, 0.2) is 34.9 Å². The number of furan rings is 1. The molecule has 0 atom stereocenters. The van der Waals surface area contributed by atoms with Gasteiger partial charge in [0.2, 0.25) is 5.91 Å². The maximum atomic E-state index is 13.0. The van der Waals surface area contributed by atoms with E-state index in [1.807, 2.05) is 6.92 Å². The molecule has 1 aliphatic rings. The molecule has 2 amide bonds. The minimum Gasteiger partial charge on any atom is -0.467 e.